The number of hydrogen-bond acceptors (Lipinski definition) is 2. The Balaban J connectivity index is 2.57. The first-order chi connectivity index (χ1) is 7.15. The van der Waals surface area contributed by atoms with Crippen molar-refractivity contribution in [1.29, 1.82) is 0 Å². The minimum Gasteiger partial charge on any atom is -0.324 e. The van der Waals surface area contributed by atoms with Gasteiger partial charge in [0.15, 0.2) is 0 Å². The van der Waals surface area contributed by atoms with Crippen LogP contribution in [0, 0.1) is 12.7 Å². The second-order valence-electron chi connectivity index (χ2n) is 3.86. The number of rotatable bonds is 5. The van der Waals surface area contributed by atoms with Crippen LogP contribution in [0.25, 0.3) is 0 Å². The second kappa shape index (κ2) is 5.83. The number of halogens is 1. The average Bonchev–Trinajstić information content (AvgIpc) is 2.22. The molecule has 1 aromatic carbocycles. The van der Waals surface area contributed by atoms with Crippen molar-refractivity contribution in [3.05, 3.63) is 35.1 Å². The van der Waals surface area contributed by atoms with Crippen molar-refractivity contribution in [2.45, 2.75) is 25.8 Å². The van der Waals surface area contributed by atoms with E-state index < -0.39 is 0 Å². The number of benzene rings is 1. The predicted molar refractivity (Wildman–Crippen MR) is 61.2 cm³/mol. The fourth-order valence-electron chi connectivity index (χ4n) is 1.56. The van der Waals surface area contributed by atoms with E-state index in [-0.39, 0.29) is 11.9 Å². The zero-order chi connectivity index (χ0) is 11.3. The molecule has 0 amide bonds. The third-order valence-electron chi connectivity index (χ3n) is 2.55. The molecule has 0 radical (unpaired) electrons. The van der Waals surface area contributed by atoms with E-state index >= 15 is 0 Å². The highest BCUT2D eigenvalue weighted by Crippen LogP contribution is 2.18. The van der Waals surface area contributed by atoms with E-state index in [1.807, 2.05) is 13.1 Å². The van der Waals surface area contributed by atoms with Gasteiger partial charge in [0.1, 0.15) is 5.82 Å². The van der Waals surface area contributed by atoms with Crippen molar-refractivity contribution >= 4 is 0 Å². The molecule has 0 aliphatic rings. The van der Waals surface area contributed by atoms with Crippen LogP contribution in [0.15, 0.2) is 18.2 Å². The van der Waals surface area contributed by atoms with Gasteiger partial charge in [-0.2, -0.15) is 0 Å². The average molecular weight is 210 g/mol. The maximum Gasteiger partial charge on any atom is 0.126 e. The van der Waals surface area contributed by atoms with Crippen molar-refractivity contribution in [1.82, 2.24) is 5.32 Å². The van der Waals surface area contributed by atoms with Gasteiger partial charge in [-0.05, 0) is 50.6 Å². The summed E-state index contributed by atoms with van der Waals surface area (Å²) in [7, 11) is 1.92. The molecule has 2 nitrogen and oxygen atoms in total. The molecule has 0 aromatic heterocycles. The van der Waals surface area contributed by atoms with Crippen molar-refractivity contribution in [3.63, 3.8) is 0 Å². The minimum absolute atomic E-state index is 0.0117. The largest absolute Gasteiger partial charge is 0.324 e. The van der Waals surface area contributed by atoms with Gasteiger partial charge in [-0.3, -0.25) is 0 Å². The molecule has 0 bridgehead atoms. The van der Waals surface area contributed by atoms with Gasteiger partial charge in [-0.25, -0.2) is 4.39 Å². The Morgan fingerprint density at radius 3 is 2.80 bits per heavy atom. The van der Waals surface area contributed by atoms with Crippen molar-refractivity contribution in [2.75, 3.05) is 13.6 Å². The quantitative estimate of drug-likeness (QED) is 0.731. The second-order valence-corrected chi connectivity index (χ2v) is 3.86. The maximum atomic E-state index is 13.0. The Bertz CT molecular complexity index is 312. The van der Waals surface area contributed by atoms with E-state index in [0.717, 1.165) is 24.9 Å². The van der Waals surface area contributed by atoms with E-state index in [2.05, 4.69) is 5.32 Å². The highest BCUT2D eigenvalue weighted by molar-refractivity contribution is 5.26. The Hall–Kier alpha value is -0.930. The summed E-state index contributed by atoms with van der Waals surface area (Å²) in [4.78, 5) is 0. The molecular weight excluding hydrogens is 191 g/mol. The lowest BCUT2D eigenvalue weighted by Gasteiger charge is -2.12. The summed E-state index contributed by atoms with van der Waals surface area (Å²) >= 11 is 0. The first-order valence-corrected chi connectivity index (χ1v) is 5.31. The van der Waals surface area contributed by atoms with Crippen LogP contribution < -0.4 is 11.1 Å². The SMILES string of the molecule is CNCCCC(N)c1ccc(F)c(C)c1. The van der Waals surface area contributed by atoms with Crippen LogP contribution in [-0.4, -0.2) is 13.6 Å². The molecule has 84 valence electrons. The zero-order valence-electron chi connectivity index (χ0n) is 9.39. The van der Waals surface area contributed by atoms with Crippen molar-refractivity contribution in [2.24, 2.45) is 5.73 Å². The van der Waals surface area contributed by atoms with Crippen molar-refractivity contribution < 1.29 is 4.39 Å². The lowest BCUT2D eigenvalue weighted by Crippen LogP contribution is -2.14. The summed E-state index contributed by atoms with van der Waals surface area (Å²) in [5, 5.41) is 3.08. The van der Waals surface area contributed by atoms with Gasteiger partial charge in [0, 0.05) is 6.04 Å². The molecular formula is C12H19FN2. The summed E-state index contributed by atoms with van der Waals surface area (Å²) in [5.41, 5.74) is 7.69. The highest BCUT2D eigenvalue weighted by atomic mass is 19.1. The van der Waals surface area contributed by atoms with E-state index in [4.69, 9.17) is 5.73 Å². The van der Waals surface area contributed by atoms with E-state index in [9.17, 15) is 4.39 Å². The Labute approximate surface area is 90.7 Å². The maximum absolute atomic E-state index is 13.0. The first kappa shape index (κ1) is 12.1. The molecule has 0 saturated carbocycles. The normalized spacial score (nSPS) is 12.8. The fourth-order valence-corrected chi connectivity index (χ4v) is 1.56. The predicted octanol–water partition coefficient (Wildman–Crippen LogP) is 2.13. The molecule has 0 aliphatic carbocycles. The van der Waals surface area contributed by atoms with Crippen LogP contribution in [0.3, 0.4) is 0 Å². The molecule has 1 aromatic rings. The lowest BCUT2D eigenvalue weighted by molar-refractivity contribution is 0.584. The Kier molecular flexibility index (Phi) is 4.72. The third kappa shape index (κ3) is 3.61. The number of nitrogens with one attached hydrogen (secondary N) is 1. The minimum atomic E-state index is -0.166. The molecule has 1 unspecified atom stereocenters. The number of nitrogens with two attached hydrogens (primary N) is 1. The van der Waals surface area contributed by atoms with E-state index in [1.165, 1.54) is 6.07 Å². The monoisotopic (exact) mass is 210 g/mol. The summed E-state index contributed by atoms with van der Waals surface area (Å²) in [6.45, 7) is 2.73. The summed E-state index contributed by atoms with van der Waals surface area (Å²) in [5.74, 6) is -0.166. The zero-order valence-corrected chi connectivity index (χ0v) is 9.39. The van der Waals surface area contributed by atoms with Crippen LogP contribution in [0.4, 0.5) is 4.39 Å². The molecule has 0 aliphatic heterocycles. The van der Waals surface area contributed by atoms with Gasteiger partial charge in [-0.1, -0.05) is 12.1 Å². The number of hydrogen-bond donors (Lipinski definition) is 2. The van der Waals surface area contributed by atoms with Gasteiger partial charge in [0.2, 0.25) is 0 Å². The van der Waals surface area contributed by atoms with Gasteiger partial charge >= 0.3 is 0 Å². The molecule has 0 spiro atoms. The Morgan fingerprint density at radius 1 is 1.47 bits per heavy atom. The molecule has 1 rings (SSSR count). The van der Waals surface area contributed by atoms with E-state index in [1.54, 1.807) is 13.0 Å². The summed E-state index contributed by atoms with van der Waals surface area (Å²) in [6, 6.07) is 5.10. The smallest absolute Gasteiger partial charge is 0.126 e. The summed E-state index contributed by atoms with van der Waals surface area (Å²) in [6.07, 6.45) is 1.96. The van der Waals surface area contributed by atoms with Crippen LogP contribution in [-0.2, 0) is 0 Å². The highest BCUT2D eigenvalue weighted by Gasteiger charge is 2.07. The molecule has 0 heterocycles. The number of aryl methyl sites for hydroxylation is 1. The summed E-state index contributed by atoms with van der Waals surface area (Å²) < 4.78 is 13.0. The third-order valence-corrected chi connectivity index (χ3v) is 2.55. The Morgan fingerprint density at radius 2 is 2.20 bits per heavy atom. The molecule has 0 fully saturated rings. The molecule has 15 heavy (non-hydrogen) atoms. The van der Waals surface area contributed by atoms with Crippen LogP contribution in [0.2, 0.25) is 0 Å². The standard InChI is InChI=1S/C12H19FN2/c1-9-8-10(5-6-11(9)13)12(14)4-3-7-15-2/h5-6,8,12,15H,3-4,7,14H2,1-2H3. The molecule has 0 saturated heterocycles. The van der Waals surface area contributed by atoms with Gasteiger partial charge < -0.3 is 11.1 Å². The van der Waals surface area contributed by atoms with Crippen LogP contribution in [0.1, 0.15) is 30.0 Å². The topological polar surface area (TPSA) is 38.0 Å². The molecule has 3 heteroatoms. The molecule has 3 N–H and O–H groups in total. The van der Waals surface area contributed by atoms with Crippen molar-refractivity contribution in [3.8, 4) is 0 Å². The van der Waals surface area contributed by atoms with Crippen LogP contribution in [0.5, 0.6) is 0 Å². The lowest BCUT2D eigenvalue weighted by atomic mass is 10.0. The fraction of sp³-hybridized carbons (Fsp3) is 0.500. The first-order valence-electron chi connectivity index (χ1n) is 5.31. The van der Waals surface area contributed by atoms with Gasteiger partial charge in [0.25, 0.3) is 0 Å². The van der Waals surface area contributed by atoms with Gasteiger partial charge in [0.05, 0.1) is 0 Å². The van der Waals surface area contributed by atoms with Crippen LogP contribution >= 0.6 is 0 Å². The van der Waals surface area contributed by atoms with E-state index in [0.29, 0.717) is 5.56 Å². The molecule has 1 atom stereocenters. The van der Waals surface area contributed by atoms with Gasteiger partial charge in [-0.15, -0.1) is 0 Å².